The van der Waals surface area contributed by atoms with E-state index in [1.54, 1.807) is 12.1 Å². The standard InChI is InChI=1S/C14H18ClFOS2/c1-8-9(2)19-13(7-18-8)12(17)6-10-4-3-5-11(16)14(10)15/h3-5,8-9,12-13,17H,6-7H2,1-2H3. The van der Waals surface area contributed by atoms with E-state index in [0.29, 0.717) is 22.5 Å². The Kier molecular flexibility index (Phi) is 5.46. The van der Waals surface area contributed by atoms with Crippen molar-refractivity contribution in [1.29, 1.82) is 0 Å². The minimum absolute atomic E-state index is 0.136. The van der Waals surface area contributed by atoms with Crippen LogP contribution in [0.5, 0.6) is 0 Å². The summed E-state index contributed by atoms with van der Waals surface area (Å²) in [6.45, 7) is 4.41. The quantitative estimate of drug-likeness (QED) is 0.908. The molecule has 1 saturated heterocycles. The SMILES string of the molecule is CC1SCC(C(O)Cc2cccc(F)c2Cl)SC1C. The third-order valence-corrected chi connectivity index (χ3v) is 7.42. The van der Waals surface area contributed by atoms with Gasteiger partial charge in [0.25, 0.3) is 0 Å². The zero-order valence-corrected chi connectivity index (χ0v) is 13.4. The van der Waals surface area contributed by atoms with E-state index >= 15 is 0 Å². The van der Waals surface area contributed by atoms with Crippen LogP contribution < -0.4 is 0 Å². The topological polar surface area (TPSA) is 20.2 Å². The Hall–Kier alpha value is 0.1000. The molecular weight excluding hydrogens is 303 g/mol. The molecule has 4 atom stereocenters. The fourth-order valence-corrected chi connectivity index (χ4v) is 5.29. The first-order valence-corrected chi connectivity index (χ1v) is 8.74. The van der Waals surface area contributed by atoms with E-state index in [9.17, 15) is 9.50 Å². The van der Waals surface area contributed by atoms with Gasteiger partial charge in [0, 0.05) is 27.9 Å². The molecule has 0 radical (unpaired) electrons. The van der Waals surface area contributed by atoms with Crippen LogP contribution in [-0.2, 0) is 6.42 Å². The maximum absolute atomic E-state index is 13.4. The average molecular weight is 321 g/mol. The first-order valence-electron chi connectivity index (χ1n) is 6.37. The Morgan fingerprint density at radius 3 is 2.84 bits per heavy atom. The summed E-state index contributed by atoms with van der Waals surface area (Å²) in [5.41, 5.74) is 0.686. The molecule has 0 bridgehead atoms. The lowest BCUT2D eigenvalue weighted by Crippen LogP contribution is -2.35. The number of aliphatic hydroxyl groups excluding tert-OH is 1. The zero-order chi connectivity index (χ0) is 14.0. The van der Waals surface area contributed by atoms with Gasteiger partial charge in [0.15, 0.2) is 0 Å². The number of aliphatic hydroxyl groups is 1. The number of rotatable bonds is 3. The monoisotopic (exact) mass is 320 g/mol. The van der Waals surface area contributed by atoms with Gasteiger partial charge in [-0.25, -0.2) is 4.39 Å². The van der Waals surface area contributed by atoms with E-state index in [4.69, 9.17) is 11.6 Å². The van der Waals surface area contributed by atoms with Crippen molar-refractivity contribution in [2.75, 3.05) is 5.75 Å². The van der Waals surface area contributed by atoms with E-state index < -0.39 is 11.9 Å². The molecule has 1 N–H and O–H groups in total. The van der Waals surface area contributed by atoms with Crippen LogP contribution in [0.15, 0.2) is 18.2 Å². The third kappa shape index (κ3) is 3.81. The van der Waals surface area contributed by atoms with Crippen LogP contribution in [-0.4, -0.2) is 32.7 Å². The fourth-order valence-electron chi connectivity index (χ4n) is 2.07. The molecule has 0 saturated carbocycles. The van der Waals surface area contributed by atoms with Crippen molar-refractivity contribution < 1.29 is 9.50 Å². The molecule has 1 aromatic carbocycles. The zero-order valence-electron chi connectivity index (χ0n) is 11.0. The molecule has 0 aliphatic carbocycles. The molecule has 1 heterocycles. The summed E-state index contributed by atoms with van der Waals surface area (Å²) in [6.07, 6.45) is -0.0672. The molecule has 4 unspecified atom stereocenters. The normalized spacial score (nSPS) is 29.2. The fraction of sp³-hybridized carbons (Fsp3) is 0.571. The second-order valence-corrected chi connectivity index (χ2v) is 8.31. The Labute approximate surface area is 127 Å². The molecule has 0 aromatic heterocycles. The Bertz CT molecular complexity index is 443. The summed E-state index contributed by atoms with van der Waals surface area (Å²) in [5.74, 6) is 0.517. The third-order valence-electron chi connectivity index (χ3n) is 3.46. The van der Waals surface area contributed by atoms with Gasteiger partial charge in [0.2, 0.25) is 0 Å². The first-order chi connectivity index (χ1) is 8.99. The lowest BCUT2D eigenvalue weighted by molar-refractivity contribution is 0.177. The molecule has 19 heavy (non-hydrogen) atoms. The highest BCUT2D eigenvalue weighted by Crippen LogP contribution is 2.38. The van der Waals surface area contributed by atoms with E-state index in [1.807, 2.05) is 23.5 Å². The molecule has 2 rings (SSSR count). The van der Waals surface area contributed by atoms with E-state index in [2.05, 4.69) is 13.8 Å². The smallest absolute Gasteiger partial charge is 0.142 e. The van der Waals surface area contributed by atoms with Crippen molar-refractivity contribution in [3.8, 4) is 0 Å². The lowest BCUT2D eigenvalue weighted by atomic mass is 10.1. The van der Waals surface area contributed by atoms with Gasteiger partial charge in [0.05, 0.1) is 11.1 Å². The van der Waals surface area contributed by atoms with Crippen LogP contribution in [0.1, 0.15) is 19.4 Å². The summed E-state index contributed by atoms with van der Waals surface area (Å²) in [7, 11) is 0. The first kappa shape index (κ1) is 15.5. The molecule has 1 nitrogen and oxygen atoms in total. The average Bonchev–Trinajstić information content (AvgIpc) is 2.38. The molecular formula is C14H18ClFOS2. The second kappa shape index (κ2) is 6.70. The van der Waals surface area contributed by atoms with Crippen LogP contribution in [0, 0.1) is 5.82 Å². The number of halogens is 2. The summed E-state index contributed by atoms with van der Waals surface area (Å²) in [4.78, 5) is 0. The summed E-state index contributed by atoms with van der Waals surface area (Å²) >= 11 is 9.65. The predicted molar refractivity (Wildman–Crippen MR) is 83.9 cm³/mol. The molecule has 1 fully saturated rings. The number of hydrogen-bond donors (Lipinski definition) is 1. The van der Waals surface area contributed by atoms with Gasteiger partial charge < -0.3 is 5.11 Å². The van der Waals surface area contributed by atoms with Gasteiger partial charge in [-0.2, -0.15) is 23.5 Å². The van der Waals surface area contributed by atoms with Crippen molar-refractivity contribution in [2.45, 2.75) is 42.1 Å². The maximum atomic E-state index is 13.4. The highest BCUT2D eigenvalue weighted by molar-refractivity contribution is 8.07. The molecule has 1 aliphatic heterocycles. The maximum Gasteiger partial charge on any atom is 0.142 e. The van der Waals surface area contributed by atoms with Gasteiger partial charge in [-0.15, -0.1) is 0 Å². The summed E-state index contributed by atoms with van der Waals surface area (Å²) in [5, 5.41) is 11.8. The number of hydrogen-bond acceptors (Lipinski definition) is 3. The van der Waals surface area contributed by atoms with Crippen molar-refractivity contribution in [3.05, 3.63) is 34.6 Å². The Morgan fingerprint density at radius 1 is 1.42 bits per heavy atom. The van der Waals surface area contributed by atoms with Crippen LogP contribution >= 0.6 is 35.1 Å². The van der Waals surface area contributed by atoms with Crippen LogP contribution in [0.25, 0.3) is 0 Å². The van der Waals surface area contributed by atoms with Gasteiger partial charge in [-0.1, -0.05) is 37.6 Å². The molecule has 1 aromatic rings. The largest absolute Gasteiger partial charge is 0.392 e. The van der Waals surface area contributed by atoms with Crippen molar-refractivity contribution in [1.82, 2.24) is 0 Å². The van der Waals surface area contributed by atoms with E-state index in [0.717, 1.165) is 5.75 Å². The van der Waals surface area contributed by atoms with Gasteiger partial charge >= 0.3 is 0 Å². The van der Waals surface area contributed by atoms with Gasteiger partial charge in [-0.3, -0.25) is 0 Å². The summed E-state index contributed by atoms with van der Waals surface area (Å²) in [6, 6.07) is 4.76. The Morgan fingerprint density at radius 2 is 2.16 bits per heavy atom. The van der Waals surface area contributed by atoms with Crippen LogP contribution in [0.4, 0.5) is 4.39 Å². The second-order valence-electron chi connectivity index (χ2n) is 4.90. The lowest BCUT2D eigenvalue weighted by Gasteiger charge is -2.34. The van der Waals surface area contributed by atoms with Crippen LogP contribution in [0.3, 0.4) is 0 Å². The van der Waals surface area contributed by atoms with Crippen LogP contribution in [0.2, 0.25) is 5.02 Å². The Balaban J connectivity index is 2.01. The number of thioether (sulfide) groups is 2. The highest BCUT2D eigenvalue weighted by Gasteiger charge is 2.30. The van der Waals surface area contributed by atoms with Crippen molar-refractivity contribution in [2.24, 2.45) is 0 Å². The number of benzene rings is 1. The molecule has 0 spiro atoms. The predicted octanol–water partition coefficient (Wildman–Crippen LogP) is 4.01. The summed E-state index contributed by atoms with van der Waals surface area (Å²) < 4.78 is 13.4. The minimum atomic E-state index is -0.480. The van der Waals surface area contributed by atoms with Gasteiger partial charge in [-0.05, 0) is 11.6 Å². The molecule has 0 amide bonds. The molecule has 1 aliphatic rings. The van der Waals surface area contributed by atoms with Crippen molar-refractivity contribution >= 4 is 35.1 Å². The molecule has 5 heteroatoms. The van der Waals surface area contributed by atoms with Gasteiger partial charge in [0.1, 0.15) is 5.82 Å². The molecule has 106 valence electrons. The highest BCUT2D eigenvalue weighted by atomic mass is 35.5. The van der Waals surface area contributed by atoms with E-state index in [1.165, 1.54) is 6.07 Å². The van der Waals surface area contributed by atoms with E-state index in [-0.39, 0.29) is 10.3 Å². The van der Waals surface area contributed by atoms with Crippen molar-refractivity contribution in [3.63, 3.8) is 0 Å². The minimum Gasteiger partial charge on any atom is -0.392 e.